The van der Waals surface area contributed by atoms with E-state index >= 15 is 0 Å². The van der Waals surface area contributed by atoms with Gasteiger partial charge in [-0.25, -0.2) is 0 Å². The number of Topliss-reactive ketones (excluding diaryl/α,β-unsaturated/α-hetero) is 1. The molecule has 4 unspecified atom stereocenters. The number of ketones is 1. The van der Waals surface area contributed by atoms with Crippen LogP contribution in [0.25, 0.3) is 0 Å². The first kappa shape index (κ1) is 13.7. The number of carbonyl (C=O) groups excluding carboxylic acids is 1. The van der Waals surface area contributed by atoms with E-state index in [1.165, 1.54) is 0 Å². The Balaban J connectivity index is 2.62. The van der Waals surface area contributed by atoms with Crippen molar-refractivity contribution in [2.75, 3.05) is 0 Å². The van der Waals surface area contributed by atoms with Crippen molar-refractivity contribution in [1.82, 2.24) is 0 Å². The Bertz CT molecular complexity index is 252. The fourth-order valence-electron chi connectivity index (χ4n) is 2.46. The molecule has 0 radical (unpaired) electrons. The highest BCUT2D eigenvalue weighted by atomic mass is 16.3. The van der Waals surface area contributed by atoms with Gasteiger partial charge in [0.2, 0.25) is 0 Å². The maximum absolute atomic E-state index is 12.1. The Morgan fingerprint density at radius 1 is 1.19 bits per heavy atom. The molecule has 2 nitrogen and oxygen atoms in total. The molecule has 16 heavy (non-hydrogen) atoms. The molecule has 1 fully saturated rings. The zero-order valence-corrected chi connectivity index (χ0v) is 11.3. The minimum Gasteiger partial charge on any atom is -0.385 e. The molecule has 0 saturated heterocycles. The van der Waals surface area contributed by atoms with Gasteiger partial charge in [-0.15, -0.1) is 0 Å². The summed E-state index contributed by atoms with van der Waals surface area (Å²) in [5.41, 5.74) is -0.330. The molecule has 2 heteroatoms. The smallest absolute Gasteiger partial charge is 0.164 e. The minimum absolute atomic E-state index is 0.0613. The number of aliphatic hydroxyl groups is 1. The van der Waals surface area contributed by atoms with Gasteiger partial charge in [0.1, 0.15) is 6.10 Å². The monoisotopic (exact) mass is 226 g/mol. The molecule has 0 heterocycles. The lowest BCUT2D eigenvalue weighted by Crippen LogP contribution is -2.40. The van der Waals surface area contributed by atoms with Crippen molar-refractivity contribution >= 4 is 5.78 Å². The maximum Gasteiger partial charge on any atom is 0.164 e. The lowest BCUT2D eigenvalue weighted by Gasteiger charge is -2.34. The molecule has 0 aliphatic heterocycles. The van der Waals surface area contributed by atoms with E-state index in [-0.39, 0.29) is 17.1 Å². The average Bonchev–Trinajstić information content (AvgIpc) is 2.18. The van der Waals surface area contributed by atoms with Gasteiger partial charge in [0.15, 0.2) is 5.78 Å². The summed E-state index contributed by atoms with van der Waals surface area (Å²) in [6.07, 6.45) is 2.22. The number of rotatable bonds is 2. The third-order valence-corrected chi connectivity index (χ3v) is 4.09. The van der Waals surface area contributed by atoms with Crippen LogP contribution in [0.5, 0.6) is 0 Å². The first-order chi connectivity index (χ1) is 7.23. The van der Waals surface area contributed by atoms with Gasteiger partial charge in [0.25, 0.3) is 0 Å². The Morgan fingerprint density at radius 2 is 1.75 bits per heavy atom. The largest absolute Gasteiger partial charge is 0.385 e. The van der Waals surface area contributed by atoms with Gasteiger partial charge in [-0.05, 0) is 36.5 Å². The minimum atomic E-state index is -0.807. The van der Waals surface area contributed by atoms with Crippen molar-refractivity contribution in [3.63, 3.8) is 0 Å². The van der Waals surface area contributed by atoms with Crippen LogP contribution >= 0.6 is 0 Å². The van der Waals surface area contributed by atoms with Crippen molar-refractivity contribution in [3.8, 4) is 0 Å². The van der Waals surface area contributed by atoms with Gasteiger partial charge >= 0.3 is 0 Å². The average molecular weight is 226 g/mol. The van der Waals surface area contributed by atoms with E-state index < -0.39 is 6.10 Å². The molecule has 1 aliphatic rings. The molecule has 0 aromatic carbocycles. The molecule has 0 bridgehead atoms. The summed E-state index contributed by atoms with van der Waals surface area (Å²) in [4.78, 5) is 12.1. The summed E-state index contributed by atoms with van der Waals surface area (Å²) in [7, 11) is 0. The van der Waals surface area contributed by atoms with Gasteiger partial charge in [0, 0.05) is 5.92 Å². The molecule has 0 aromatic heterocycles. The lowest BCUT2D eigenvalue weighted by molar-refractivity contribution is -0.138. The quantitative estimate of drug-likeness (QED) is 0.786. The Hall–Kier alpha value is -0.370. The van der Waals surface area contributed by atoms with E-state index in [1.54, 1.807) is 0 Å². The predicted molar refractivity (Wildman–Crippen MR) is 66.1 cm³/mol. The van der Waals surface area contributed by atoms with E-state index in [4.69, 9.17) is 0 Å². The Kier molecular flexibility index (Phi) is 4.17. The van der Waals surface area contributed by atoms with Crippen molar-refractivity contribution < 1.29 is 9.90 Å². The zero-order chi connectivity index (χ0) is 12.5. The van der Waals surface area contributed by atoms with Gasteiger partial charge in [-0.3, -0.25) is 4.79 Å². The van der Waals surface area contributed by atoms with Crippen LogP contribution in [0.4, 0.5) is 0 Å². The SMILES string of the molecule is CC1CCC(C(=O)C(O)C(C)(C)C)CC1C. The molecule has 1 aliphatic carbocycles. The summed E-state index contributed by atoms with van der Waals surface area (Å²) < 4.78 is 0. The van der Waals surface area contributed by atoms with Crippen LogP contribution < -0.4 is 0 Å². The second-order valence-electron chi connectivity index (χ2n) is 6.64. The van der Waals surface area contributed by atoms with E-state index in [1.807, 2.05) is 20.8 Å². The molecule has 1 saturated carbocycles. The number of hydrogen-bond donors (Lipinski definition) is 1. The first-order valence-corrected chi connectivity index (χ1v) is 6.45. The summed E-state index contributed by atoms with van der Waals surface area (Å²) in [6, 6.07) is 0. The Morgan fingerprint density at radius 3 is 2.19 bits per heavy atom. The fraction of sp³-hybridized carbons (Fsp3) is 0.929. The molecular formula is C14H26O2. The van der Waals surface area contributed by atoms with Gasteiger partial charge in [-0.1, -0.05) is 34.6 Å². The van der Waals surface area contributed by atoms with Crippen LogP contribution in [0.15, 0.2) is 0 Å². The number of hydrogen-bond acceptors (Lipinski definition) is 2. The summed E-state index contributed by atoms with van der Waals surface area (Å²) in [5, 5.41) is 10.0. The van der Waals surface area contributed by atoms with Gasteiger partial charge < -0.3 is 5.11 Å². The van der Waals surface area contributed by atoms with E-state index in [9.17, 15) is 9.90 Å². The van der Waals surface area contributed by atoms with Crippen LogP contribution in [0.3, 0.4) is 0 Å². The van der Waals surface area contributed by atoms with Crippen molar-refractivity contribution in [1.29, 1.82) is 0 Å². The molecule has 0 spiro atoms. The van der Waals surface area contributed by atoms with Crippen LogP contribution in [-0.4, -0.2) is 17.0 Å². The first-order valence-electron chi connectivity index (χ1n) is 6.45. The van der Waals surface area contributed by atoms with Crippen LogP contribution in [0.2, 0.25) is 0 Å². The van der Waals surface area contributed by atoms with Crippen LogP contribution in [-0.2, 0) is 4.79 Å². The van der Waals surface area contributed by atoms with E-state index in [0.29, 0.717) is 5.92 Å². The van der Waals surface area contributed by atoms with Crippen LogP contribution in [0, 0.1) is 23.2 Å². The Labute approximate surface area is 99.4 Å². The van der Waals surface area contributed by atoms with Crippen molar-refractivity contribution in [2.24, 2.45) is 23.2 Å². The highest BCUT2D eigenvalue weighted by molar-refractivity contribution is 5.86. The van der Waals surface area contributed by atoms with Gasteiger partial charge in [0.05, 0.1) is 0 Å². The zero-order valence-electron chi connectivity index (χ0n) is 11.3. The van der Waals surface area contributed by atoms with Gasteiger partial charge in [-0.2, -0.15) is 0 Å². The molecular weight excluding hydrogens is 200 g/mol. The number of carbonyl (C=O) groups is 1. The maximum atomic E-state index is 12.1. The second kappa shape index (κ2) is 4.87. The third kappa shape index (κ3) is 3.07. The second-order valence-corrected chi connectivity index (χ2v) is 6.64. The van der Waals surface area contributed by atoms with Crippen molar-refractivity contribution in [2.45, 2.75) is 60.0 Å². The highest BCUT2D eigenvalue weighted by Crippen LogP contribution is 2.36. The third-order valence-electron chi connectivity index (χ3n) is 4.09. The normalized spacial score (nSPS) is 33.5. The molecule has 1 rings (SSSR count). The summed E-state index contributed by atoms with van der Waals surface area (Å²) in [5.74, 6) is 1.47. The van der Waals surface area contributed by atoms with E-state index in [0.717, 1.165) is 25.2 Å². The summed E-state index contributed by atoms with van der Waals surface area (Å²) in [6.45, 7) is 10.2. The predicted octanol–water partition coefficient (Wildman–Crippen LogP) is 3.03. The standard InChI is InChI=1S/C14H26O2/c1-9-6-7-11(8-10(9)2)12(15)13(16)14(3,4)5/h9-11,13,16H,6-8H2,1-5H3. The fourth-order valence-corrected chi connectivity index (χ4v) is 2.46. The number of aliphatic hydroxyl groups excluding tert-OH is 1. The van der Waals surface area contributed by atoms with Crippen molar-refractivity contribution in [3.05, 3.63) is 0 Å². The molecule has 4 atom stereocenters. The lowest BCUT2D eigenvalue weighted by atomic mass is 9.71. The molecule has 1 N–H and O–H groups in total. The molecule has 0 amide bonds. The topological polar surface area (TPSA) is 37.3 Å². The highest BCUT2D eigenvalue weighted by Gasteiger charge is 2.36. The molecule has 0 aromatic rings. The van der Waals surface area contributed by atoms with E-state index in [2.05, 4.69) is 13.8 Å². The summed E-state index contributed by atoms with van der Waals surface area (Å²) >= 11 is 0. The molecule has 94 valence electrons. The van der Waals surface area contributed by atoms with Crippen LogP contribution in [0.1, 0.15) is 53.9 Å².